The van der Waals surface area contributed by atoms with E-state index in [1.54, 1.807) is 6.07 Å². The highest BCUT2D eigenvalue weighted by atomic mass is 19.1. The predicted octanol–water partition coefficient (Wildman–Crippen LogP) is 2.99. The molecule has 0 radical (unpaired) electrons. The molecule has 6 heteroatoms. The van der Waals surface area contributed by atoms with Crippen molar-refractivity contribution in [2.45, 2.75) is 0 Å². The number of esters is 1. The van der Waals surface area contributed by atoms with Crippen LogP contribution in [0.4, 0.5) is 4.39 Å². The van der Waals surface area contributed by atoms with Gasteiger partial charge in [-0.05, 0) is 41.5 Å². The first-order chi connectivity index (χ1) is 10.5. The number of rotatable bonds is 4. The number of halogens is 1. The van der Waals surface area contributed by atoms with Gasteiger partial charge >= 0.3 is 11.9 Å². The van der Waals surface area contributed by atoms with Crippen LogP contribution in [0.15, 0.2) is 36.4 Å². The molecule has 0 amide bonds. The molecule has 0 bridgehead atoms. The molecule has 0 fully saturated rings. The molecule has 0 aromatic heterocycles. The van der Waals surface area contributed by atoms with Gasteiger partial charge in [-0.15, -0.1) is 0 Å². The first-order valence-electron chi connectivity index (χ1n) is 6.27. The molecule has 0 aliphatic carbocycles. The maximum atomic E-state index is 14.0. The fourth-order valence-corrected chi connectivity index (χ4v) is 1.98. The van der Waals surface area contributed by atoms with E-state index in [0.29, 0.717) is 16.9 Å². The summed E-state index contributed by atoms with van der Waals surface area (Å²) >= 11 is 0. The van der Waals surface area contributed by atoms with Crippen molar-refractivity contribution in [1.82, 2.24) is 0 Å². The Morgan fingerprint density at radius 2 is 1.77 bits per heavy atom. The maximum absolute atomic E-state index is 14.0. The highest BCUT2D eigenvalue weighted by Gasteiger charge is 2.14. The molecule has 2 rings (SSSR count). The Hall–Kier alpha value is -2.89. The van der Waals surface area contributed by atoms with Crippen molar-refractivity contribution in [3.63, 3.8) is 0 Å². The third kappa shape index (κ3) is 3.06. The molecule has 0 heterocycles. The van der Waals surface area contributed by atoms with Gasteiger partial charge in [-0.1, -0.05) is 6.07 Å². The van der Waals surface area contributed by atoms with E-state index in [2.05, 4.69) is 4.74 Å². The molecule has 2 aromatic rings. The molecule has 0 spiro atoms. The van der Waals surface area contributed by atoms with Crippen LogP contribution in [0, 0.1) is 5.82 Å². The summed E-state index contributed by atoms with van der Waals surface area (Å²) in [5.74, 6) is -2.30. The van der Waals surface area contributed by atoms with Gasteiger partial charge in [-0.3, -0.25) is 0 Å². The number of benzene rings is 2. The molecule has 0 unspecified atom stereocenters. The zero-order valence-electron chi connectivity index (χ0n) is 11.9. The lowest BCUT2D eigenvalue weighted by atomic mass is 10.0. The van der Waals surface area contributed by atoms with Crippen molar-refractivity contribution in [1.29, 1.82) is 0 Å². The Morgan fingerprint density at radius 3 is 2.32 bits per heavy atom. The number of ether oxygens (including phenoxy) is 2. The molecule has 22 heavy (non-hydrogen) atoms. The summed E-state index contributed by atoms with van der Waals surface area (Å²) in [4.78, 5) is 22.5. The summed E-state index contributed by atoms with van der Waals surface area (Å²) < 4.78 is 23.5. The molecule has 0 aliphatic rings. The Kier molecular flexibility index (Phi) is 4.41. The summed E-state index contributed by atoms with van der Waals surface area (Å²) in [5.41, 5.74) is 0.720. The second kappa shape index (κ2) is 6.26. The van der Waals surface area contributed by atoms with Crippen LogP contribution in [-0.4, -0.2) is 31.3 Å². The second-order valence-corrected chi connectivity index (χ2v) is 4.44. The van der Waals surface area contributed by atoms with Crippen LogP contribution in [0.25, 0.3) is 11.1 Å². The third-order valence-electron chi connectivity index (χ3n) is 3.10. The SMILES string of the molecule is COC(=O)c1ccc(-c2cc(OC)cc(C(=O)O)c2)cc1F. The molecule has 2 aromatic carbocycles. The van der Waals surface area contributed by atoms with E-state index in [9.17, 15) is 14.0 Å². The van der Waals surface area contributed by atoms with Crippen molar-refractivity contribution in [2.75, 3.05) is 14.2 Å². The van der Waals surface area contributed by atoms with Gasteiger partial charge in [0.1, 0.15) is 11.6 Å². The fraction of sp³-hybridized carbons (Fsp3) is 0.125. The number of carboxylic acids is 1. The smallest absolute Gasteiger partial charge is 0.340 e. The molecule has 0 saturated heterocycles. The van der Waals surface area contributed by atoms with Crippen LogP contribution in [0.3, 0.4) is 0 Å². The highest BCUT2D eigenvalue weighted by molar-refractivity contribution is 5.92. The standard InChI is InChI=1S/C16H13FO5/c1-21-12-6-10(5-11(7-12)15(18)19)9-3-4-13(14(17)8-9)16(20)22-2/h3-8H,1-2H3,(H,18,19). The largest absolute Gasteiger partial charge is 0.497 e. The van der Waals surface area contributed by atoms with Crippen molar-refractivity contribution >= 4 is 11.9 Å². The first kappa shape index (κ1) is 15.5. The number of carbonyl (C=O) groups excluding carboxylic acids is 1. The summed E-state index contributed by atoms with van der Waals surface area (Å²) in [6.45, 7) is 0. The van der Waals surface area contributed by atoms with E-state index in [4.69, 9.17) is 9.84 Å². The highest BCUT2D eigenvalue weighted by Crippen LogP contribution is 2.27. The van der Waals surface area contributed by atoms with E-state index in [1.165, 1.54) is 31.4 Å². The molecule has 0 atom stereocenters. The minimum absolute atomic E-state index is 0.0202. The maximum Gasteiger partial charge on any atom is 0.340 e. The second-order valence-electron chi connectivity index (χ2n) is 4.44. The van der Waals surface area contributed by atoms with Crippen molar-refractivity contribution in [3.8, 4) is 16.9 Å². The van der Waals surface area contributed by atoms with Gasteiger partial charge < -0.3 is 14.6 Å². The number of carboxylic acid groups (broad SMARTS) is 1. The van der Waals surface area contributed by atoms with Crippen LogP contribution in [-0.2, 0) is 4.74 Å². The van der Waals surface area contributed by atoms with Crippen LogP contribution < -0.4 is 4.74 Å². The summed E-state index contributed by atoms with van der Waals surface area (Å²) in [6, 6.07) is 8.29. The van der Waals surface area contributed by atoms with Gasteiger partial charge in [0.15, 0.2) is 0 Å². The molecular formula is C16H13FO5. The molecule has 114 valence electrons. The minimum Gasteiger partial charge on any atom is -0.497 e. The lowest BCUT2D eigenvalue weighted by Gasteiger charge is -2.09. The average Bonchev–Trinajstić information content (AvgIpc) is 2.53. The normalized spacial score (nSPS) is 10.1. The molecule has 0 aliphatic heterocycles. The van der Waals surface area contributed by atoms with Crippen LogP contribution in [0.5, 0.6) is 5.75 Å². The first-order valence-corrected chi connectivity index (χ1v) is 6.27. The molecule has 0 saturated carbocycles. The monoisotopic (exact) mass is 304 g/mol. The van der Waals surface area contributed by atoms with E-state index >= 15 is 0 Å². The number of carbonyl (C=O) groups is 2. The number of hydrogen-bond donors (Lipinski definition) is 1. The Balaban J connectivity index is 2.52. The van der Waals surface area contributed by atoms with E-state index < -0.39 is 17.8 Å². The van der Waals surface area contributed by atoms with Crippen LogP contribution in [0.2, 0.25) is 0 Å². The van der Waals surface area contributed by atoms with E-state index in [-0.39, 0.29) is 11.1 Å². The van der Waals surface area contributed by atoms with Gasteiger partial charge in [-0.25, -0.2) is 14.0 Å². The third-order valence-corrected chi connectivity index (χ3v) is 3.10. The van der Waals surface area contributed by atoms with Crippen molar-refractivity contribution < 1.29 is 28.6 Å². The van der Waals surface area contributed by atoms with Gasteiger partial charge in [0, 0.05) is 0 Å². The topological polar surface area (TPSA) is 72.8 Å². The molecular weight excluding hydrogens is 291 g/mol. The zero-order valence-corrected chi connectivity index (χ0v) is 11.9. The van der Waals surface area contributed by atoms with Crippen molar-refractivity contribution in [2.24, 2.45) is 0 Å². The zero-order chi connectivity index (χ0) is 16.3. The summed E-state index contributed by atoms with van der Waals surface area (Å²) in [6.07, 6.45) is 0. The van der Waals surface area contributed by atoms with Gasteiger partial charge in [-0.2, -0.15) is 0 Å². The average molecular weight is 304 g/mol. The van der Waals surface area contributed by atoms with E-state index in [0.717, 1.165) is 13.2 Å². The van der Waals surface area contributed by atoms with Gasteiger partial charge in [0.05, 0.1) is 25.3 Å². The molecule has 1 N–H and O–H groups in total. The lowest BCUT2D eigenvalue weighted by Crippen LogP contribution is -2.04. The van der Waals surface area contributed by atoms with Crippen LogP contribution >= 0.6 is 0 Å². The van der Waals surface area contributed by atoms with Crippen molar-refractivity contribution in [3.05, 3.63) is 53.3 Å². The summed E-state index contributed by atoms with van der Waals surface area (Å²) in [5, 5.41) is 9.09. The number of methoxy groups -OCH3 is 2. The number of hydrogen-bond acceptors (Lipinski definition) is 4. The molecule has 5 nitrogen and oxygen atoms in total. The van der Waals surface area contributed by atoms with Gasteiger partial charge in [0.2, 0.25) is 0 Å². The fourth-order valence-electron chi connectivity index (χ4n) is 1.98. The van der Waals surface area contributed by atoms with Gasteiger partial charge in [0.25, 0.3) is 0 Å². The quantitative estimate of drug-likeness (QED) is 0.879. The predicted molar refractivity (Wildman–Crippen MR) is 76.7 cm³/mol. The number of aromatic carboxylic acids is 1. The Labute approximate surface area is 125 Å². The van der Waals surface area contributed by atoms with Crippen LogP contribution in [0.1, 0.15) is 20.7 Å². The lowest BCUT2D eigenvalue weighted by molar-refractivity contribution is 0.0594. The summed E-state index contributed by atoms with van der Waals surface area (Å²) in [7, 11) is 2.57. The Morgan fingerprint density at radius 1 is 1.05 bits per heavy atom. The van der Waals surface area contributed by atoms with E-state index in [1.807, 2.05) is 0 Å². The minimum atomic E-state index is -1.12. The Bertz CT molecular complexity index is 739.